The number of nitrogens with two attached hydrogens (primary N) is 1. The number of hydrogen-bond acceptors (Lipinski definition) is 14. The van der Waals surface area contributed by atoms with E-state index in [1.165, 1.54) is 19.2 Å². The first-order valence-electron chi connectivity index (χ1n) is 11.0. The maximum atomic E-state index is 13.2. The molecule has 214 valence electrons. The minimum atomic E-state index is -5.01. The number of carbonyl (C=O) groups excluding carboxylic acids is 2. The zero-order valence-corrected chi connectivity index (χ0v) is 22.6. The quantitative estimate of drug-likeness (QED) is 0.0733. The summed E-state index contributed by atoms with van der Waals surface area (Å²) in [5.74, 6) is -2.71. The number of amides is 2. The molecule has 0 bridgehead atoms. The van der Waals surface area contributed by atoms with Gasteiger partial charge >= 0.3 is 10.4 Å². The largest absolute Gasteiger partial charge is 0.503 e. The molecule has 3 rings (SSSR count). The Kier molecular flexibility index (Phi) is 8.50. The van der Waals surface area contributed by atoms with Gasteiger partial charge in [-0.05, 0) is 27.7 Å². The van der Waals surface area contributed by atoms with Crippen LogP contribution in [0.15, 0.2) is 27.6 Å². The Morgan fingerprint density at radius 3 is 2.56 bits per heavy atom. The Balaban J connectivity index is 1.93. The Labute approximate surface area is 225 Å². The Hall–Kier alpha value is -3.78. The van der Waals surface area contributed by atoms with Gasteiger partial charge in [0.05, 0.1) is 24.4 Å². The summed E-state index contributed by atoms with van der Waals surface area (Å²) in [6.45, 7) is 5.90. The lowest BCUT2D eigenvalue weighted by Crippen LogP contribution is -2.76. The maximum Gasteiger partial charge on any atom is 0.418 e. The van der Waals surface area contributed by atoms with Crippen molar-refractivity contribution < 1.29 is 46.7 Å². The fourth-order valence-corrected chi connectivity index (χ4v) is 4.36. The maximum absolute atomic E-state index is 13.2. The highest BCUT2D eigenvalue weighted by molar-refractivity contribution is 7.80. The molecule has 2 amide bonds. The van der Waals surface area contributed by atoms with Crippen molar-refractivity contribution in [2.75, 3.05) is 12.3 Å². The second kappa shape index (κ2) is 11.1. The van der Waals surface area contributed by atoms with Crippen molar-refractivity contribution in [2.45, 2.75) is 51.5 Å². The highest BCUT2D eigenvalue weighted by Gasteiger charge is 2.58. The molecular weight excluding hydrogens is 564 g/mol. The van der Waals surface area contributed by atoms with E-state index < -0.39 is 56.8 Å². The third kappa shape index (κ3) is 6.81. The van der Waals surface area contributed by atoms with E-state index in [9.17, 15) is 33.1 Å². The number of carbonyl (C=O) groups is 2. The number of aromatic nitrogens is 2. The normalized spacial score (nSPS) is 18.1. The predicted molar refractivity (Wildman–Crippen MR) is 133 cm³/mol. The molecule has 3 heterocycles. The number of nitrogens with one attached hydrogen (secondary N) is 1. The number of hydroxylamine groups is 2. The fraction of sp³-hybridized carbons (Fsp3) is 0.450. The van der Waals surface area contributed by atoms with E-state index >= 15 is 0 Å². The van der Waals surface area contributed by atoms with Crippen molar-refractivity contribution in [3.05, 3.63) is 39.3 Å². The molecule has 0 aliphatic carbocycles. The Morgan fingerprint density at radius 1 is 1.36 bits per heavy atom. The number of hydrogen-bond donors (Lipinski definition) is 5. The van der Waals surface area contributed by atoms with E-state index in [2.05, 4.69) is 19.7 Å². The van der Waals surface area contributed by atoms with Gasteiger partial charge in [0.1, 0.15) is 17.4 Å². The molecule has 0 aromatic carbocycles. The zero-order chi connectivity index (χ0) is 29.3. The van der Waals surface area contributed by atoms with Gasteiger partial charge in [0.2, 0.25) is 5.43 Å². The molecule has 0 saturated carbocycles. The van der Waals surface area contributed by atoms with Crippen molar-refractivity contribution in [3.63, 3.8) is 0 Å². The van der Waals surface area contributed by atoms with E-state index in [0.29, 0.717) is 9.79 Å². The molecule has 2 aromatic heterocycles. The van der Waals surface area contributed by atoms with Crippen LogP contribution in [0.25, 0.3) is 0 Å². The Bertz CT molecular complexity index is 1450. The van der Waals surface area contributed by atoms with Gasteiger partial charge < -0.3 is 30.9 Å². The molecule has 0 spiro atoms. The van der Waals surface area contributed by atoms with Crippen LogP contribution in [0.5, 0.6) is 5.75 Å². The van der Waals surface area contributed by atoms with E-state index in [0.717, 1.165) is 23.6 Å². The van der Waals surface area contributed by atoms with Crippen LogP contribution in [0.1, 0.15) is 45.2 Å². The molecule has 6 N–H and O–H groups in total. The third-order valence-corrected chi connectivity index (χ3v) is 6.33. The summed E-state index contributed by atoms with van der Waals surface area (Å²) < 4.78 is 41.2. The second-order valence-electron chi connectivity index (χ2n) is 8.97. The van der Waals surface area contributed by atoms with E-state index in [1.54, 1.807) is 13.8 Å². The summed E-state index contributed by atoms with van der Waals surface area (Å²) in [4.78, 5) is 47.1. The molecule has 1 fully saturated rings. The van der Waals surface area contributed by atoms with E-state index in [-0.39, 0.29) is 29.2 Å². The lowest BCUT2D eigenvalue weighted by Gasteiger charge is -2.50. The van der Waals surface area contributed by atoms with Crippen LogP contribution in [0.4, 0.5) is 5.13 Å². The summed E-state index contributed by atoms with van der Waals surface area (Å²) in [5, 5.41) is 27.8. The number of pyridine rings is 1. The van der Waals surface area contributed by atoms with Crippen LogP contribution in [0.3, 0.4) is 0 Å². The van der Waals surface area contributed by atoms with Gasteiger partial charge in [0.25, 0.3) is 11.8 Å². The monoisotopic (exact) mass is 590 g/mol. The summed E-state index contributed by atoms with van der Waals surface area (Å²) in [6.07, 6.45) is -0.839. The number of ether oxygens (including phenoxy) is 1. The molecule has 39 heavy (non-hydrogen) atoms. The Morgan fingerprint density at radius 2 is 2.03 bits per heavy atom. The van der Waals surface area contributed by atoms with Gasteiger partial charge in [-0.15, -0.1) is 15.6 Å². The smallest absolute Gasteiger partial charge is 0.418 e. The third-order valence-electron chi connectivity index (χ3n) is 5.32. The minimum absolute atomic E-state index is 0.0544. The zero-order valence-electron chi connectivity index (χ0n) is 21.0. The SMILES string of the molecule is CC(C)OCC(O/N=C(\C(=O)N[C@@H]1C(=O)N(OS(=O)(=O)O)C1(C)C)c1csc(N)n1)c1cc(=O)c(O)cn1O. The molecular formula is C20H26N6O11S2. The van der Waals surface area contributed by atoms with Crippen LogP contribution in [-0.4, -0.2) is 79.9 Å². The van der Waals surface area contributed by atoms with Gasteiger partial charge in [-0.1, -0.05) is 5.16 Å². The molecule has 1 saturated heterocycles. The molecule has 2 atom stereocenters. The summed E-state index contributed by atoms with van der Waals surface area (Å²) in [5.41, 5.74) is 2.74. The molecule has 1 unspecified atom stereocenters. The van der Waals surface area contributed by atoms with E-state index in [1.807, 2.05) is 0 Å². The molecule has 0 radical (unpaired) electrons. The second-order valence-corrected chi connectivity index (χ2v) is 10.9. The first-order valence-corrected chi connectivity index (χ1v) is 13.3. The van der Waals surface area contributed by atoms with Crippen LogP contribution >= 0.6 is 11.3 Å². The highest BCUT2D eigenvalue weighted by Crippen LogP contribution is 2.33. The highest BCUT2D eigenvalue weighted by atomic mass is 32.3. The lowest BCUT2D eigenvalue weighted by molar-refractivity contribution is -0.218. The van der Waals surface area contributed by atoms with Gasteiger partial charge in [-0.3, -0.25) is 18.9 Å². The predicted octanol–water partition coefficient (Wildman–Crippen LogP) is -0.443. The number of rotatable bonds is 11. The topological polar surface area (TPSA) is 245 Å². The standard InChI is InChI=1S/C20H26N6O11S2/c1-9(2)35-7-14(11-5-12(27)13(28)6-25(11)31)36-24-15(10-8-38-19(21)22-10)17(29)23-16-18(30)26(20(16,3)4)37-39(32,33)34/h5-6,8-9,14,16,28,31H,7H2,1-4H3,(H2,21,22)(H,23,29)(H,32,33,34)/b24-15-/t14?,16-/m1/s1. The number of nitrogens with zero attached hydrogens (tertiary/aromatic N) is 4. The lowest BCUT2D eigenvalue weighted by atomic mass is 9.84. The number of thiazole rings is 1. The van der Waals surface area contributed by atoms with Gasteiger partial charge in [0.15, 0.2) is 22.7 Å². The van der Waals surface area contributed by atoms with Crippen molar-refractivity contribution in [1.82, 2.24) is 20.1 Å². The van der Waals surface area contributed by atoms with Crippen LogP contribution < -0.4 is 16.5 Å². The number of nitrogen functional groups attached to an aromatic ring is 1. The van der Waals surface area contributed by atoms with Crippen LogP contribution in [-0.2, 0) is 33.8 Å². The number of anilines is 1. The van der Waals surface area contributed by atoms with Gasteiger partial charge in [-0.2, -0.15) is 18.2 Å². The number of oxime groups is 1. The average molecular weight is 591 g/mol. The van der Waals surface area contributed by atoms with Crippen molar-refractivity contribution in [3.8, 4) is 5.75 Å². The minimum Gasteiger partial charge on any atom is -0.503 e. The first kappa shape index (κ1) is 29.8. The summed E-state index contributed by atoms with van der Waals surface area (Å²) >= 11 is 0.969. The van der Waals surface area contributed by atoms with Crippen molar-refractivity contribution in [2.24, 2.45) is 5.16 Å². The molecule has 17 nitrogen and oxygen atoms in total. The van der Waals surface area contributed by atoms with Gasteiger partial charge in [0, 0.05) is 11.4 Å². The van der Waals surface area contributed by atoms with Gasteiger partial charge in [-0.25, -0.2) is 4.98 Å². The molecule has 19 heteroatoms. The number of aromatic hydroxyl groups is 1. The number of β-lactam (4-membered cyclic amide) rings is 1. The van der Waals surface area contributed by atoms with Crippen molar-refractivity contribution in [1.29, 1.82) is 0 Å². The summed E-state index contributed by atoms with van der Waals surface area (Å²) in [6, 6.07) is -0.424. The average Bonchev–Trinajstić information content (AvgIpc) is 3.25. The fourth-order valence-electron chi connectivity index (χ4n) is 3.36. The molecule has 1 aliphatic heterocycles. The van der Waals surface area contributed by atoms with Crippen LogP contribution in [0, 0.1) is 0 Å². The van der Waals surface area contributed by atoms with Crippen molar-refractivity contribution >= 4 is 44.4 Å². The van der Waals surface area contributed by atoms with Crippen LogP contribution in [0.2, 0.25) is 0 Å². The molecule has 1 aliphatic rings. The summed E-state index contributed by atoms with van der Waals surface area (Å²) in [7, 11) is -5.01. The molecule has 2 aromatic rings. The van der Waals surface area contributed by atoms with E-state index in [4.69, 9.17) is 19.9 Å². The first-order chi connectivity index (χ1) is 18.0.